The van der Waals surface area contributed by atoms with E-state index in [2.05, 4.69) is 15.9 Å². The second kappa shape index (κ2) is 5.36. The van der Waals surface area contributed by atoms with Crippen LogP contribution in [0.2, 0.25) is 0 Å². The summed E-state index contributed by atoms with van der Waals surface area (Å²) in [5.74, 6) is -0.259. The lowest BCUT2D eigenvalue weighted by Gasteiger charge is -2.35. The highest BCUT2D eigenvalue weighted by Gasteiger charge is 2.27. The lowest BCUT2D eigenvalue weighted by molar-refractivity contribution is 0.0663. The van der Waals surface area contributed by atoms with Crippen LogP contribution in [0.5, 0.6) is 0 Å². The SMILES string of the molecule is CC1CN(C(=O)c2ccc(Br)c(F)c2)CCC1N. The first-order valence-electron chi connectivity index (χ1n) is 5.99. The summed E-state index contributed by atoms with van der Waals surface area (Å²) in [6, 6.07) is 4.61. The number of rotatable bonds is 1. The lowest BCUT2D eigenvalue weighted by atomic mass is 9.94. The fourth-order valence-electron chi connectivity index (χ4n) is 2.16. The zero-order chi connectivity index (χ0) is 13.3. The maximum Gasteiger partial charge on any atom is 0.253 e. The molecule has 0 aliphatic carbocycles. The van der Waals surface area contributed by atoms with E-state index in [1.54, 1.807) is 17.0 Å². The van der Waals surface area contributed by atoms with Crippen LogP contribution in [0, 0.1) is 11.7 Å². The minimum Gasteiger partial charge on any atom is -0.338 e. The third kappa shape index (κ3) is 2.72. The predicted octanol–water partition coefficient (Wildman–Crippen LogP) is 2.40. The summed E-state index contributed by atoms with van der Waals surface area (Å²) in [6.45, 7) is 3.31. The first kappa shape index (κ1) is 13.5. The monoisotopic (exact) mass is 314 g/mol. The van der Waals surface area contributed by atoms with Crippen LogP contribution >= 0.6 is 15.9 Å². The molecule has 18 heavy (non-hydrogen) atoms. The minimum absolute atomic E-state index is 0.125. The van der Waals surface area contributed by atoms with Crippen LogP contribution in [-0.2, 0) is 0 Å². The summed E-state index contributed by atoms with van der Waals surface area (Å²) in [7, 11) is 0. The number of nitrogens with two attached hydrogens (primary N) is 1. The van der Waals surface area contributed by atoms with Crippen LogP contribution in [-0.4, -0.2) is 29.9 Å². The Bertz CT molecular complexity index is 466. The average molecular weight is 315 g/mol. The Kier molecular flexibility index (Phi) is 4.02. The van der Waals surface area contributed by atoms with Crippen LogP contribution in [0.15, 0.2) is 22.7 Å². The van der Waals surface area contributed by atoms with Gasteiger partial charge in [-0.05, 0) is 46.5 Å². The van der Waals surface area contributed by atoms with E-state index < -0.39 is 5.82 Å². The van der Waals surface area contributed by atoms with Crippen LogP contribution in [0.3, 0.4) is 0 Å². The molecule has 1 aromatic rings. The van der Waals surface area contributed by atoms with E-state index >= 15 is 0 Å². The van der Waals surface area contributed by atoms with Crippen molar-refractivity contribution in [3.8, 4) is 0 Å². The van der Waals surface area contributed by atoms with Crippen molar-refractivity contribution in [3.63, 3.8) is 0 Å². The zero-order valence-electron chi connectivity index (χ0n) is 10.2. The van der Waals surface area contributed by atoms with E-state index in [0.717, 1.165) is 6.42 Å². The van der Waals surface area contributed by atoms with Gasteiger partial charge >= 0.3 is 0 Å². The molecule has 0 bridgehead atoms. The van der Waals surface area contributed by atoms with Crippen molar-refractivity contribution in [1.29, 1.82) is 0 Å². The molecule has 5 heteroatoms. The van der Waals surface area contributed by atoms with E-state index in [0.29, 0.717) is 23.1 Å². The van der Waals surface area contributed by atoms with Gasteiger partial charge in [0.2, 0.25) is 0 Å². The fraction of sp³-hybridized carbons (Fsp3) is 0.462. The number of nitrogens with zero attached hydrogens (tertiary/aromatic N) is 1. The number of carbonyl (C=O) groups excluding carboxylic acids is 1. The Morgan fingerprint density at radius 2 is 2.28 bits per heavy atom. The predicted molar refractivity (Wildman–Crippen MR) is 71.8 cm³/mol. The van der Waals surface area contributed by atoms with Crippen LogP contribution in [0.25, 0.3) is 0 Å². The van der Waals surface area contributed by atoms with Crippen LogP contribution in [0.1, 0.15) is 23.7 Å². The second-order valence-electron chi connectivity index (χ2n) is 4.81. The summed E-state index contributed by atoms with van der Waals surface area (Å²) >= 11 is 3.08. The van der Waals surface area contributed by atoms with Gasteiger partial charge in [-0.25, -0.2) is 4.39 Å². The molecule has 1 fully saturated rings. The number of amides is 1. The van der Waals surface area contributed by atoms with Gasteiger partial charge in [-0.1, -0.05) is 6.92 Å². The maximum atomic E-state index is 13.4. The fourth-order valence-corrected chi connectivity index (χ4v) is 2.41. The van der Waals surface area contributed by atoms with E-state index in [1.165, 1.54) is 6.07 Å². The van der Waals surface area contributed by atoms with Crippen molar-refractivity contribution in [2.24, 2.45) is 11.7 Å². The maximum absolute atomic E-state index is 13.4. The normalized spacial score (nSPS) is 24.1. The molecule has 1 amide bonds. The van der Waals surface area contributed by atoms with Crippen molar-refractivity contribution in [2.45, 2.75) is 19.4 Å². The molecular weight excluding hydrogens is 299 g/mol. The molecule has 1 aliphatic rings. The van der Waals surface area contributed by atoms with Gasteiger partial charge in [0.15, 0.2) is 0 Å². The van der Waals surface area contributed by atoms with Crippen molar-refractivity contribution < 1.29 is 9.18 Å². The van der Waals surface area contributed by atoms with Gasteiger partial charge in [0.1, 0.15) is 5.82 Å². The van der Waals surface area contributed by atoms with Gasteiger partial charge in [0.25, 0.3) is 5.91 Å². The molecule has 0 spiro atoms. The summed E-state index contributed by atoms with van der Waals surface area (Å²) < 4.78 is 13.8. The summed E-state index contributed by atoms with van der Waals surface area (Å²) in [5.41, 5.74) is 6.31. The van der Waals surface area contributed by atoms with Gasteiger partial charge in [0.05, 0.1) is 4.47 Å². The summed E-state index contributed by atoms with van der Waals surface area (Å²) in [5, 5.41) is 0. The Morgan fingerprint density at radius 1 is 1.56 bits per heavy atom. The zero-order valence-corrected chi connectivity index (χ0v) is 11.8. The molecule has 0 radical (unpaired) electrons. The highest BCUT2D eigenvalue weighted by Crippen LogP contribution is 2.20. The third-order valence-corrected chi connectivity index (χ3v) is 4.07. The third-order valence-electron chi connectivity index (χ3n) is 3.43. The van der Waals surface area contributed by atoms with Gasteiger partial charge in [-0.15, -0.1) is 0 Å². The van der Waals surface area contributed by atoms with Gasteiger partial charge < -0.3 is 10.6 Å². The molecule has 1 saturated heterocycles. The quantitative estimate of drug-likeness (QED) is 0.865. The molecule has 2 rings (SSSR count). The van der Waals surface area contributed by atoms with Gasteiger partial charge in [0, 0.05) is 24.7 Å². The van der Waals surface area contributed by atoms with Crippen molar-refractivity contribution in [2.75, 3.05) is 13.1 Å². The molecular formula is C13H16BrFN2O. The van der Waals surface area contributed by atoms with Crippen molar-refractivity contribution in [1.82, 2.24) is 4.90 Å². The lowest BCUT2D eigenvalue weighted by Crippen LogP contribution is -2.48. The number of hydrogen-bond donors (Lipinski definition) is 1. The highest BCUT2D eigenvalue weighted by molar-refractivity contribution is 9.10. The van der Waals surface area contributed by atoms with Crippen LogP contribution in [0.4, 0.5) is 4.39 Å². The molecule has 2 atom stereocenters. The Morgan fingerprint density at radius 3 is 2.89 bits per heavy atom. The number of halogens is 2. The Balaban J connectivity index is 2.14. The Labute approximate surface area is 114 Å². The van der Waals surface area contributed by atoms with Gasteiger partial charge in [-0.2, -0.15) is 0 Å². The molecule has 0 saturated carbocycles. The largest absolute Gasteiger partial charge is 0.338 e. The van der Waals surface area contributed by atoms with Crippen molar-refractivity contribution >= 4 is 21.8 Å². The summed E-state index contributed by atoms with van der Waals surface area (Å²) in [4.78, 5) is 14.0. The number of carbonyl (C=O) groups is 1. The van der Waals surface area contributed by atoms with Crippen LogP contribution < -0.4 is 5.73 Å². The molecule has 0 aromatic heterocycles. The molecule has 2 N–H and O–H groups in total. The Hall–Kier alpha value is -0.940. The number of benzene rings is 1. The standard InChI is InChI=1S/C13H16BrFN2O/c1-8-7-17(5-4-12(8)16)13(18)9-2-3-10(14)11(15)6-9/h2-3,6,8,12H,4-5,7,16H2,1H3. The topological polar surface area (TPSA) is 46.3 Å². The molecule has 2 unspecified atom stereocenters. The minimum atomic E-state index is -0.414. The number of likely N-dealkylation sites (tertiary alicyclic amines) is 1. The second-order valence-corrected chi connectivity index (χ2v) is 5.66. The van der Waals surface area contributed by atoms with E-state index in [1.807, 2.05) is 6.92 Å². The average Bonchev–Trinajstić information content (AvgIpc) is 2.35. The number of hydrogen-bond acceptors (Lipinski definition) is 2. The van der Waals surface area contributed by atoms with Gasteiger partial charge in [-0.3, -0.25) is 4.79 Å². The molecule has 3 nitrogen and oxygen atoms in total. The number of piperidine rings is 1. The van der Waals surface area contributed by atoms with Crippen molar-refractivity contribution in [3.05, 3.63) is 34.1 Å². The summed E-state index contributed by atoms with van der Waals surface area (Å²) in [6.07, 6.45) is 0.798. The smallest absolute Gasteiger partial charge is 0.253 e. The first-order chi connectivity index (χ1) is 8.49. The van der Waals surface area contributed by atoms with E-state index in [-0.39, 0.29) is 17.9 Å². The highest BCUT2D eigenvalue weighted by atomic mass is 79.9. The molecule has 1 aromatic carbocycles. The van der Waals surface area contributed by atoms with E-state index in [4.69, 9.17) is 5.73 Å². The van der Waals surface area contributed by atoms with E-state index in [9.17, 15) is 9.18 Å². The first-order valence-corrected chi connectivity index (χ1v) is 6.78. The molecule has 98 valence electrons. The molecule has 1 aliphatic heterocycles. The molecule has 1 heterocycles.